The predicted octanol–water partition coefficient (Wildman–Crippen LogP) is 0.466. The van der Waals surface area contributed by atoms with Gasteiger partial charge in [0.25, 0.3) is 5.91 Å². The fourth-order valence-electron chi connectivity index (χ4n) is 2.99. The van der Waals surface area contributed by atoms with E-state index in [0.717, 1.165) is 13.0 Å². The number of hydrogen-bond acceptors (Lipinski definition) is 5. The topological polar surface area (TPSA) is 115 Å². The van der Waals surface area contributed by atoms with E-state index in [1.54, 1.807) is 18.2 Å². The number of phenolic OH excluding ortho intramolecular Hbond substituents is 1. The second-order valence-electron chi connectivity index (χ2n) is 6.67. The molecule has 150 valence electrons. The van der Waals surface area contributed by atoms with E-state index >= 15 is 0 Å². The molecule has 1 unspecified atom stereocenters. The summed E-state index contributed by atoms with van der Waals surface area (Å²) in [5.74, 6) is 0.311. The highest BCUT2D eigenvalue weighted by atomic mass is 16.5. The summed E-state index contributed by atoms with van der Waals surface area (Å²) in [6, 6.07) is 6.44. The Morgan fingerprint density at radius 3 is 2.70 bits per heavy atom. The maximum Gasteiger partial charge on any atom is 0.255 e. The van der Waals surface area contributed by atoms with Crippen LogP contribution < -0.4 is 16.0 Å². The number of nitrogens with zero attached hydrogens (tertiary/aromatic N) is 1. The number of aliphatic imine (C=N–C) groups is 1. The summed E-state index contributed by atoms with van der Waals surface area (Å²) in [5.41, 5.74) is 0.154. The van der Waals surface area contributed by atoms with Gasteiger partial charge in [-0.25, -0.2) is 0 Å². The number of hydrogen-bond donors (Lipinski definition) is 5. The van der Waals surface area contributed by atoms with Crippen LogP contribution in [0.2, 0.25) is 0 Å². The Hall–Kier alpha value is -2.32. The largest absolute Gasteiger partial charge is 0.507 e. The Labute approximate surface area is 160 Å². The number of benzene rings is 1. The maximum atomic E-state index is 12.1. The Bertz CT molecular complexity index is 630. The van der Waals surface area contributed by atoms with Gasteiger partial charge in [0, 0.05) is 38.3 Å². The minimum absolute atomic E-state index is 0.0363. The number of amides is 1. The van der Waals surface area contributed by atoms with E-state index in [1.165, 1.54) is 6.07 Å². The minimum Gasteiger partial charge on any atom is -0.507 e. The number of phenols is 1. The van der Waals surface area contributed by atoms with E-state index in [4.69, 9.17) is 4.74 Å². The lowest BCUT2D eigenvalue weighted by atomic mass is 9.84. The van der Waals surface area contributed by atoms with Gasteiger partial charge in [0.05, 0.1) is 18.7 Å². The van der Waals surface area contributed by atoms with Gasteiger partial charge in [-0.2, -0.15) is 0 Å². The van der Waals surface area contributed by atoms with Crippen LogP contribution >= 0.6 is 0 Å². The average molecular weight is 378 g/mol. The number of aromatic hydroxyl groups is 1. The first kappa shape index (κ1) is 21.0. The number of rotatable bonds is 9. The molecule has 1 aromatic rings. The van der Waals surface area contributed by atoms with E-state index in [9.17, 15) is 15.0 Å². The molecule has 1 saturated heterocycles. The van der Waals surface area contributed by atoms with Gasteiger partial charge in [-0.15, -0.1) is 0 Å². The van der Waals surface area contributed by atoms with Crippen molar-refractivity contribution in [3.63, 3.8) is 0 Å². The van der Waals surface area contributed by atoms with Crippen molar-refractivity contribution in [3.05, 3.63) is 29.8 Å². The second-order valence-corrected chi connectivity index (χ2v) is 6.67. The molecular weight excluding hydrogens is 348 g/mol. The summed E-state index contributed by atoms with van der Waals surface area (Å²) >= 11 is 0. The molecule has 0 spiro atoms. The lowest BCUT2D eigenvalue weighted by molar-refractivity contribution is 0.0951. The van der Waals surface area contributed by atoms with E-state index in [0.29, 0.717) is 45.2 Å². The second kappa shape index (κ2) is 10.7. The van der Waals surface area contributed by atoms with Crippen molar-refractivity contribution >= 4 is 11.9 Å². The van der Waals surface area contributed by atoms with Crippen LogP contribution in [-0.2, 0) is 4.74 Å². The van der Waals surface area contributed by atoms with Crippen LogP contribution in [0.25, 0.3) is 0 Å². The lowest BCUT2D eigenvalue weighted by Crippen LogP contribution is -2.42. The summed E-state index contributed by atoms with van der Waals surface area (Å²) in [6.07, 6.45) is 1.57. The number of carbonyl (C=O) groups excluding carboxylic acids is 1. The Morgan fingerprint density at radius 2 is 2.04 bits per heavy atom. The van der Waals surface area contributed by atoms with Crippen LogP contribution in [0.4, 0.5) is 0 Å². The molecule has 8 heteroatoms. The van der Waals surface area contributed by atoms with E-state index < -0.39 is 0 Å². The third kappa shape index (κ3) is 6.41. The Kier molecular flexibility index (Phi) is 8.35. The quantitative estimate of drug-likeness (QED) is 0.242. The molecule has 0 saturated carbocycles. The van der Waals surface area contributed by atoms with Crippen LogP contribution in [-0.4, -0.2) is 68.1 Å². The average Bonchev–Trinajstić information content (AvgIpc) is 3.12. The SMILES string of the molecule is CCNC(=NCC1(CCO)CCOC1)NCCNC(=O)c1ccccc1O. The molecule has 1 fully saturated rings. The van der Waals surface area contributed by atoms with Crippen LogP contribution in [0.15, 0.2) is 29.3 Å². The predicted molar refractivity (Wildman–Crippen MR) is 104 cm³/mol. The van der Waals surface area contributed by atoms with Crippen molar-refractivity contribution in [1.29, 1.82) is 0 Å². The van der Waals surface area contributed by atoms with Gasteiger partial charge in [0.15, 0.2) is 5.96 Å². The van der Waals surface area contributed by atoms with Crippen molar-refractivity contribution in [1.82, 2.24) is 16.0 Å². The van der Waals surface area contributed by atoms with Crippen molar-refractivity contribution in [2.24, 2.45) is 10.4 Å². The molecule has 1 heterocycles. The van der Waals surface area contributed by atoms with Crippen LogP contribution in [0.3, 0.4) is 0 Å². The molecule has 27 heavy (non-hydrogen) atoms. The number of nitrogens with one attached hydrogen (secondary N) is 3. The molecule has 8 nitrogen and oxygen atoms in total. The highest BCUT2D eigenvalue weighted by Gasteiger charge is 2.34. The summed E-state index contributed by atoms with van der Waals surface area (Å²) in [7, 11) is 0. The summed E-state index contributed by atoms with van der Waals surface area (Å²) < 4.78 is 5.49. The summed E-state index contributed by atoms with van der Waals surface area (Å²) in [5, 5.41) is 28.1. The monoisotopic (exact) mass is 378 g/mol. The van der Waals surface area contributed by atoms with Gasteiger partial charge < -0.3 is 30.9 Å². The zero-order chi connectivity index (χ0) is 19.5. The van der Waals surface area contributed by atoms with Crippen molar-refractivity contribution in [2.45, 2.75) is 19.8 Å². The Balaban J connectivity index is 1.81. The molecule has 1 aliphatic heterocycles. The van der Waals surface area contributed by atoms with E-state index in [1.807, 2.05) is 6.92 Å². The Morgan fingerprint density at radius 1 is 1.26 bits per heavy atom. The highest BCUT2D eigenvalue weighted by molar-refractivity contribution is 5.96. The van der Waals surface area contributed by atoms with Crippen LogP contribution in [0.1, 0.15) is 30.1 Å². The molecule has 0 aliphatic carbocycles. The number of aliphatic hydroxyl groups is 1. The van der Waals surface area contributed by atoms with Gasteiger partial charge in [-0.05, 0) is 31.9 Å². The molecule has 1 amide bonds. The van der Waals surface area contributed by atoms with Crippen molar-refractivity contribution in [2.75, 3.05) is 46.0 Å². The molecule has 1 aliphatic rings. The molecule has 1 atom stereocenters. The van der Waals surface area contributed by atoms with Crippen LogP contribution in [0.5, 0.6) is 5.75 Å². The number of carbonyl (C=O) groups is 1. The number of aliphatic hydroxyl groups excluding tert-OH is 1. The van der Waals surface area contributed by atoms with E-state index in [-0.39, 0.29) is 29.2 Å². The number of guanidine groups is 1. The van der Waals surface area contributed by atoms with Crippen LogP contribution in [0, 0.1) is 5.41 Å². The van der Waals surface area contributed by atoms with E-state index in [2.05, 4.69) is 20.9 Å². The van der Waals surface area contributed by atoms with Gasteiger partial charge in [-0.1, -0.05) is 12.1 Å². The normalized spacial score (nSPS) is 19.7. The first-order valence-electron chi connectivity index (χ1n) is 9.37. The summed E-state index contributed by atoms with van der Waals surface area (Å²) in [6.45, 7) is 5.62. The fraction of sp³-hybridized carbons (Fsp3) is 0.579. The van der Waals surface area contributed by atoms with Crippen molar-refractivity contribution < 1.29 is 19.7 Å². The maximum absolute atomic E-state index is 12.1. The van der Waals surface area contributed by atoms with Gasteiger partial charge >= 0.3 is 0 Å². The first-order chi connectivity index (χ1) is 13.1. The highest BCUT2D eigenvalue weighted by Crippen LogP contribution is 2.32. The van der Waals surface area contributed by atoms with Gasteiger partial charge in [0.2, 0.25) is 0 Å². The third-order valence-electron chi connectivity index (χ3n) is 4.60. The van der Waals surface area contributed by atoms with Gasteiger partial charge in [-0.3, -0.25) is 9.79 Å². The van der Waals surface area contributed by atoms with Crippen molar-refractivity contribution in [3.8, 4) is 5.75 Å². The molecule has 0 aromatic heterocycles. The summed E-state index contributed by atoms with van der Waals surface area (Å²) in [4.78, 5) is 16.7. The number of ether oxygens (including phenoxy) is 1. The molecule has 1 aromatic carbocycles. The smallest absolute Gasteiger partial charge is 0.255 e. The first-order valence-corrected chi connectivity index (χ1v) is 9.37. The third-order valence-corrected chi connectivity index (χ3v) is 4.60. The van der Waals surface area contributed by atoms with Gasteiger partial charge in [0.1, 0.15) is 5.75 Å². The standard InChI is InChI=1S/C19H30N4O4/c1-2-20-18(23-13-19(7-11-24)8-12-27-14-19)22-10-9-21-17(26)15-5-3-4-6-16(15)25/h3-6,24-25H,2,7-14H2,1H3,(H,21,26)(H2,20,22,23). The molecule has 5 N–H and O–H groups in total. The number of para-hydroxylation sites is 1. The molecule has 0 bridgehead atoms. The molecular formula is C19H30N4O4. The molecule has 0 radical (unpaired) electrons. The lowest BCUT2D eigenvalue weighted by Gasteiger charge is -2.24. The zero-order valence-corrected chi connectivity index (χ0v) is 15.8. The minimum atomic E-state index is -0.318. The zero-order valence-electron chi connectivity index (χ0n) is 15.8. The molecule has 2 rings (SSSR count). The fourth-order valence-corrected chi connectivity index (χ4v) is 2.99.